The van der Waals surface area contributed by atoms with Gasteiger partial charge in [0.25, 0.3) is 5.56 Å². The van der Waals surface area contributed by atoms with Gasteiger partial charge in [0.1, 0.15) is 11.3 Å². The second-order valence-corrected chi connectivity index (χ2v) is 8.65. The highest BCUT2D eigenvalue weighted by atomic mass is 16.5. The van der Waals surface area contributed by atoms with E-state index in [2.05, 4.69) is 45.9 Å². The summed E-state index contributed by atoms with van der Waals surface area (Å²) < 4.78 is 9.27. The standard InChI is InChI=1S/C24H31N3O2/c1-7-15(4)21-12-16(5)27-22(21)24(28)26(17-8-9-17)23(25-27)19-11-10-18(29-6)13-20(19)14(2)3/h10-15,17H,7-9H2,1-6H3. The van der Waals surface area contributed by atoms with E-state index in [1.54, 1.807) is 7.11 Å². The lowest BCUT2D eigenvalue weighted by atomic mass is 9.96. The first-order valence-electron chi connectivity index (χ1n) is 10.7. The summed E-state index contributed by atoms with van der Waals surface area (Å²) in [6.07, 6.45) is 3.08. The third-order valence-electron chi connectivity index (χ3n) is 6.20. The monoisotopic (exact) mass is 393 g/mol. The molecule has 1 aliphatic rings. The molecule has 4 rings (SSSR count). The molecular weight excluding hydrogens is 362 g/mol. The van der Waals surface area contributed by atoms with Crippen molar-refractivity contribution in [3.63, 3.8) is 0 Å². The van der Waals surface area contributed by atoms with Gasteiger partial charge in [-0.3, -0.25) is 9.36 Å². The van der Waals surface area contributed by atoms with Gasteiger partial charge in [0.05, 0.1) is 7.11 Å². The highest BCUT2D eigenvalue weighted by molar-refractivity contribution is 5.66. The summed E-state index contributed by atoms with van der Waals surface area (Å²) in [4.78, 5) is 13.7. The normalized spacial score (nSPS) is 15.3. The minimum atomic E-state index is 0.0893. The van der Waals surface area contributed by atoms with E-state index in [9.17, 15) is 4.79 Å². The Morgan fingerprint density at radius 2 is 1.90 bits per heavy atom. The van der Waals surface area contributed by atoms with Crippen LogP contribution in [0.15, 0.2) is 29.1 Å². The zero-order valence-corrected chi connectivity index (χ0v) is 18.3. The van der Waals surface area contributed by atoms with Gasteiger partial charge in [0.2, 0.25) is 0 Å². The summed E-state index contributed by atoms with van der Waals surface area (Å²) in [6, 6.07) is 8.46. The molecule has 29 heavy (non-hydrogen) atoms. The number of nitrogens with zero attached hydrogens (tertiary/aromatic N) is 3. The molecule has 0 spiro atoms. The summed E-state index contributed by atoms with van der Waals surface area (Å²) in [6.45, 7) is 10.7. The van der Waals surface area contributed by atoms with Crippen LogP contribution in [-0.4, -0.2) is 21.3 Å². The Bertz CT molecular complexity index is 1120. The number of rotatable bonds is 6. The van der Waals surface area contributed by atoms with Crippen LogP contribution in [0, 0.1) is 6.92 Å². The molecule has 0 saturated heterocycles. The molecule has 0 radical (unpaired) electrons. The van der Waals surface area contributed by atoms with Crippen LogP contribution in [0.5, 0.6) is 5.75 Å². The van der Waals surface area contributed by atoms with Crippen LogP contribution in [0.3, 0.4) is 0 Å². The third kappa shape index (κ3) is 3.26. The van der Waals surface area contributed by atoms with Crippen molar-refractivity contribution in [2.24, 2.45) is 0 Å². The molecule has 0 amide bonds. The molecule has 2 aromatic heterocycles. The highest BCUT2D eigenvalue weighted by Gasteiger charge is 2.31. The van der Waals surface area contributed by atoms with E-state index in [4.69, 9.17) is 9.84 Å². The van der Waals surface area contributed by atoms with E-state index >= 15 is 0 Å². The van der Waals surface area contributed by atoms with Crippen LogP contribution in [0.25, 0.3) is 16.9 Å². The van der Waals surface area contributed by atoms with Crippen molar-refractivity contribution in [2.45, 2.75) is 71.8 Å². The van der Waals surface area contributed by atoms with Crippen molar-refractivity contribution in [3.8, 4) is 17.1 Å². The zero-order chi connectivity index (χ0) is 20.9. The maximum Gasteiger partial charge on any atom is 0.278 e. The van der Waals surface area contributed by atoms with Gasteiger partial charge < -0.3 is 4.74 Å². The molecule has 1 aromatic carbocycles. The van der Waals surface area contributed by atoms with Gasteiger partial charge in [0.15, 0.2) is 5.82 Å². The molecule has 0 N–H and O–H groups in total. The molecule has 0 bridgehead atoms. The van der Waals surface area contributed by atoms with Crippen molar-refractivity contribution in [3.05, 3.63) is 51.4 Å². The molecule has 5 heteroatoms. The summed E-state index contributed by atoms with van der Waals surface area (Å²) >= 11 is 0. The SMILES string of the molecule is CCC(C)c1cc(C)n2nc(-c3ccc(OC)cc3C(C)C)n(C3CC3)c(=O)c12. The third-order valence-corrected chi connectivity index (χ3v) is 6.20. The Kier molecular flexibility index (Phi) is 5.01. The predicted molar refractivity (Wildman–Crippen MR) is 117 cm³/mol. The highest BCUT2D eigenvalue weighted by Crippen LogP contribution is 2.39. The zero-order valence-electron chi connectivity index (χ0n) is 18.3. The maximum atomic E-state index is 13.7. The summed E-state index contributed by atoms with van der Waals surface area (Å²) in [7, 11) is 1.68. The first-order valence-corrected chi connectivity index (χ1v) is 10.7. The maximum absolute atomic E-state index is 13.7. The van der Waals surface area contributed by atoms with E-state index in [1.165, 1.54) is 0 Å². The Labute approximate surface area is 172 Å². The molecule has 1 aliphatic carbocycles. The Hall–Kier alpha value is -2.56. The molecule has 5 nitrogen and oxygen atoms in total. The number of methoxy groups -OCH3 is 1. The predicted octanol–water partition coefficient (Wildman–Crippen LogP) is 5.45. The lowest BCUT2D eigenvalue weighted by Gasteiger charge is -2.19. The van der Waals surface area contributed by atoms with Crippen molar-refractivity contribution in [1.82, 2.24) is 14.2 Å². The van der Waals surface area contributed by atoms with Gasteiger partial charge in [-0.15, -0.1) is 5.10 Å². The number of hydrogen-bond donors (Lipinski definition) is 0. The molecule has 1 atom stereocenters. The number of benzene rings is 1. The van der Waals surface area contributed by atoms with Crippen LogP contribution in [0.1, 0.15) is 81.7 Å². The van der Waals surface area contributed by atoms with E-state index < -0.39 is 0 Å². The van der Waals surface area contributed by atoms with Gasteiger partial charge >= 0.3 is 0 Å². The largest absolute Gasteiger partial charge is 0.497 e. The molecule has 1 saturated carbocycles. The lowest BCUT2D eigenvalue weighted by Crippen LogP contribution is -2.26. The molecule has 2 heterocycles. The van der Waals surface area contributed by atoms with Crippen molar-refractivity contribution in [1.29, 1.82) is 0 Å². The second kappa shape index (κ2) is 7.36. The smallest absolute Gasteiger partial charge is 0.278 e. The van der Waals surface area contributed by atoms with Crippen LogP contribution in [0.2, 0.25) is 0 Å². The average molecular weight is 394 g/mol. The van der Waals surface area contributed by atoms with Gasteiger partial charge in [-0.05, 0) is 73.4 Å². The van der Waals surface area contributed by atoms with Gasteiger partial charge in [-0.1, -0.05) is 27.7 Å². The van der Waals surface area contributed by atoms with E-state index in [-0.39, 0.29) is 11.6 Å². The quantitative estimate of drug-likeness (QED) is 0.559. The summed E-state index contributed by atoms with van der Waals surface area (Å²) in [5.74, 6) is 2.22. The fourth-order valence-electron chi connectivity index (χ4n) is 4.15. The van der Waals surface area contributed by atoms with Crippen LogP contribution in [0.4, 0.5) is 0 Å². The topological polar surface area (TPSA) is 48.5 Å². The Morgan fingerprint density at radius 3 is 2.48 bits per heavy atom. The first kappa shape index (κ1) is 19.7. The average Bonchev–Trinajstić information content (AvgIpc) is 3.49. The number of ether oxygens (including phenoxy) is 1. The number of hydrogen-bond acceptors (Lipinski definition) is 3. The summed E-state index contributed by atoms with van der Waals surface area (Å²) in [5, 5.41) is 5.04. The molecular formula is C24H31N3O2. The van der Waals surface area contributed by atoms with Gasteiger partial charge in [-0.2, -0.15) is 0 Å². The number of aryl methyl sites for hydroxylation is 1. The van der Waals surface area contributed by atoms with E-state index in [1.807, 2.05) is 22.1 Å². The van der Waals surface area contributed by atoms with E-state index in [0.717, 1.165) is 58.7 Å². The van der Waals surface area contributed by atoms with Crippen LogP contribution < -0.4 is 10.3 Å². The van der Waals surface area contributed by atoms with Gasteiger partial charge in [0, 0.05) is 17.3 Å². The Morgan fingerprint density at radius 1 is 1.17 bits per heavy atom. The number of aromatic nitrogens is 3. The Balaban J connectivity index is 2.05. The summed E-state index contributed by atoms with van der Waals surface area (Å²) in [5.41, 5.74) is 5.12. The minimum Gasteiger partial charge on any atom is -0.497 e. The van der Waals surface area contributed by atoms with Crippen molar-refractivity contribution < 1.29 is 4.74 Å². The van der Waals surface area contributed by atoms with Crippen LogP contribution >= 0.6 is 0 Å². The van der Waals surface area contributed by atoms with Crippen molar-refractivity contribution >= 4 is 5.52 Å². The minimum absolute atomic E-state index is 0.0893. The molecule has 3 aromatic rings. The second-order valence-electron chi connectivity index (χ2n) is 8.65. The van der Waals surface area contributed by atoms with E-state index in [0.29, 0.717) is 11.8 Å². The molecule has 1 unspecified atom stereocenters. The first-order chi connectivity index (χ1) is 13.9. The lowest BCUT2D eigenvalue weighted by molar-refractivity contribution is 0.414. The van der Waals surface area contributed by atoms with Crippen LogP contribution in [-0.2, 0) is 0 Å². The fraction of sp³-hybridized carbons (Fsp3) is 0.500. The molecule has 0 aliphatic heterocycles. The molecule has 1 fully saturated rings. The van der Waals surface area contributed by atoms with Crippen molar-refractivity contribution in [2.75, 3.05) is 7.11 Å². The fourth-order valence-corrected chi connectivity index (χ4v) is 4.15. The number of fused-ring (bicyclic) bond motifs is 1. The molecule has 154 valence electrons. The van der Waals surface area contributed by atoms with Gasteiger partial charge in [-0.25, -0.2) is 4.52 Å².